The highest BCUT2D eigenvalue weighted by Crippen LogP contribution is 2.36. The van der Waals surface area contributed by atoms with E-state index in [4.69, 9.17) is 0 Å². The summed E-state index contributed by atoms with van der Waals surface area (Å²) in [5, 5.41) is 6.57. The van der Waals surface area contributed by atoms with Crippen molar-refractivity contribution in [3.05, 3.63) is 53.7 Å². The van der Waals surface area contributed by atoms with Crippen LogP contribution in [0.2, 0.25) is 0 Å². The van der Waals surface area contributed by atoms with E-state index < -0.39 is 44.9 Å². The lowest BCUT2D eigenvalue weighted by Gasteiger charge is -2.33. The third-order valence-electron chi connectivity index (χ3n) is 7.38. The Kier molecular flexibility index (Phi) is 9.08. The van der Waals surface area contributed by atoms with Crippen LogP contribution in [-0.4, -0.2) is 63.0 Å². The zero-order chi connectivity index (χ0) is 30.9. The number of hydrogen-bond donors (Lipinski definition) is 2. The standard InChI is InChI=1S/C29H32F6N4O2S/c1-38(2)20-11-9-19(10-12-20)37-25-7-4-8-27-23(25)16-21(39(27)18-28(30,31)32)6-5-15-36-26-14-13-22(42(3,40)41)17-24(26)29(33,34)35/h4,7-8,13-14,16-17,19-20,36-37H,9-12,15,18H2,1-3H3/t19-,20-. The van der Waals surface area contributed by atoms with Crippen LogP contribution in [-0.2, 0) is 22.6 Å². The maximum absolute atomic E-state index is 13.6. The second-order valence-electron chi connectivity index (χ2n) is 10.7. The van der Waals surface area contributed by atoms with Crippen LogP contribution in [0, 0.1) is 11.8 Å². The van der Waals surface area contributed by atoms with Gasteiger partial charge in [-0.25, -0.2) is 8.42 Å². The van der Waals surface area contributed by atoms with Gasteiger partial charge in [-0.15, -0.1) is 0 Å². The molecular weight excluding hydrogens is 582 g/mol. The number of sulfone groups is 1. The second-order valence-corrected chi connectivity index (χ2v) is 12.7. The summed E-state index contributed by atoms with van der Waals surface area (Å²) in [4.78, 5) is 1.71. The molecule has 3 aromatic rings. The molecule has 0 aliphatic heterocycles. The van der Waals surface area contributed by atoms with E-state index >= 15 is 0 Å². The van der Waals surface area contributed by atoms with E-state index in [1.807, 2.05) is 20.2 Å². The van der Waals surface area contributed by atoms with E-state index in [9.17, 15) is 34.8 Å². The molecule has 0 unspecified atom stereocenters. The van der Waals surface area contributed by atoms with Gasteiger partial charge in [0.25, 0.3) is 0 Å². The van der Waals surface area contributed by atoms with Crippen LogP contribution in [0.1, 0.15) is 36.9 Å². The molecule has 228 valence electrons. The molecule has 0 spiro atoms. The highest BCUT2D eigenvalue weighted by atomic mass is 32.2. The number of nitrogens with zero attached hydrogens (tertiary/aromatic N) is 2. The first-order valence-corrected chi connectivity index (χ1v) is 15.2. The third-order valence-corrected chi connectivity index (χ3v) is 8.49. The van der Waals surface area contributed by atoms with Gasteiger partial charge in [-0.3, -0.25) is 0 Å². The first-order valence-electron chi connectivity index (χ1n) is 13.3. The van der Waals surface area contributed by atoms with Gasteiger partial charge in [-0.05, 0) is 82.1 Å². The maximum Gasteiger partial charge on any atom is 0.418 e. The van der Waals surface area contributed by atoms with Crippen LogP contribution < -0.4 is 10.6 Å². The molecular formula is C29H32F6N4O2S. The lowest BCUT2D eigenvalue weighted by Crippen LogP contribution is -2.36. The summed E-state index contributed by atoms with van der Waals surface area (Å²) in [6.45, 7) is -1.61. The van der Waals surface area contributed by atoms with Crippen molar-refractivity contribution in [2.24, 2.45) is 0 Å². The Morgan fingerprint density at radius 3 is 2.26 bits per heavy atom. The van der Waals surface area contributed by atoms with Crippen molar-refractivity contribution in [1.29, 1.82) is 0 Å². The highest BCUT2D eigenvalue weighted by Gasteiger charge is 2.34. The summed E-state index contributed by atoms with van der Waals surface area (Å²) in [6, 6.07) is 9.88. The molecule has 42 heavy (non-hydrogen) atoms. The summed E-state index contributed by atoms with van der Waals surface area (Å²) in [7, 11) is 0.219. The van der Waals surface area contributed by atoms with Crippen molar-refractivity contribution in [3.63, 3.8) is 0 Å². The predicted octanol–water partition coefficient (Wildman–Crippen LogP) is 6.37. The van der Waals surface area contributed by atoms with Crippen molar-refractivity contribution in [1.82, 2.24) is 9.47 Å². The van der Waals surface area contributed by atoms with Crippen LogP contribution in [0.15, 0.2) is 47.4 Å². The van der Waals surface area contributed by atoms with Crippen LogP contribution in [0.3, 0.4) is 0 Å². The number of halogens is 6. The van der Waals surface area contributed by atoms with Crippen molar-refractivity contribution in [2.75, 3.05) is 37.5 Å². The summed E-state index contributed by atoms with van der Waals surface area (Å²) in [6.07, 6.45) is -4.71. The van der Waals surface area contributed by atoms with E-state index in [1.165, 1.54) is 0 Å². The molecule has 0 radical (unpaired) electrons. The fourth-order valence-electron chi connectivity index (χ4n) is 5.24. The zero-order valence-corrected chi connectivity index (χ0v) is 24.1. The lowest BCUT2D eigenvalue weighted by molar-refractivity contribution is -0.140. The average Bonchev–Trinajstić information content (AvgIpc) is 3.22. The molecule has 1 aromatic heterocycles. The lowest BCUT2D eigenvalue weighted by atomic mass is 9.90. The first kappa shape index (κ1) is 31.6. The largest absolute Gasteiger partial charge is 0.418 e. The minimum Gasteiger partial charge on any atom is -0.382 e. The van der Waals surface area contributed by atoms with E-state index in [2.05, 4.69) is 27.4 Å². The summed E-state index contributed by atoms with van der Waals surface area (Å²) in [5.41, 5.74) is -0.474. The molecule has 2 aromatic carbocycles. The number of aromatic nitrogens is 1. The molecule has 0 atom stereocenters. The Hall–Kier alpha value is -3.37. The number of anilines is 2. The molecule has 4 rings (SSSR count). The highest BCUT2D eigenvalue weighted by molar-refractivity contribution is 7.90. The van der Waals surface area contributed by atoms with Crippen molar-refractivity contribution in [2.45, 2.75) is 61.6 Å². The van der Waals surface area contributed by atoms with Crippen LogP contribution in [0.5, 0.6) is 0 Å². The third kappa shape index (κ3) is 7.72. The van der Waals surface area contributed by atoms with Gasteiger partial charge in [0.05, 0.1) is 28.2 Å². The minimum atomic E-state index is -4.84. The van der Waals surface area contributed by atoms with Crippen molar-refractivity contribution < 1.29 is 34.8 Å². The maximum atomic E-state index is 13.6. The average molecular weight is 615 g/mol. The first-order chi connectivity index (χ1) is 19.5. The zero-order valence-electron chi connectivity index (χ0n) is 23.3. The Bertz CT molecular complexity index is 1590. The molecule has 0 bridgehead atoms. The molecule has 6 nitrogen and oxygen atoms in total. The van der Waals surface area contributed by atoms with Crippen LogP contribution >= 0.6 is 0 Å². The molecule has 1 saturated carbocycles. The Morgan fingerprint density at radius 2 is 1.67 bits per heavy atom. The number of nitrogens with one attached hydrogen (secondary N) is 2. The van der Waals surface area contributed by atoms with Crippen LogP contribution in [0.25, 0.3) is 10.9 Å². The summed E-state index contributed by atoms with van der Waals surface area (Å²) >= 11 is 0. The van der Waals surface area contributed by atoms with Gasteiger partial charge in [0.1, 0.15) is 6.54 Å². The number of hydrogen-bond acceptors (Lipinski definition) is 5. The normalized spacial score (nSPS) is 18.1. The molecule has 1 fully saturated rings. The van der Waals surface area contributed by atoms with Crippen molar-refractivity contribution in [3.8, 4) is 11.8 Å². The number of rotatable bonds is 7. The second kappa shape index (κ2) is 12.1. The van der Waals surface area contributed by atoms with E-state index in [0.29, 0.717) is 28.7 Å². The molecule has 1 heterocycles. The smallest absolute Gasteiger partial charge is 0.382 e. The quantitative estimate of drug-likeness (QED) is 0.239. The fourth-order valence-corrected chi connectivity index (χ4v) is 5.88. The number of benzene rings is 2. The molecule has 13 heteroatoms. The molecule has 0 saturated heterocycles. The Labute approximate surface area is 241 Å². The van der Waals surface area contributed by atoms with E-state index in [0.717, 1.165) is 48.6 Å². The van der Waals surface area contributed by atoms with E-state index in [1.54, 1.807) is 18.2 Å². The Balaban J connectivity index is 1.60. The predicted molar refractivity (Wildman–Crippen MR) is 151 cm³/mol. The summed E-state index contributed by atoms with van der Waals surface area (Å²) in [5.74, 6) is 5.30. The molecule has 0 amide bonds. The minimum absolute atomic E-state index is 0.0677. The van der Waals surface area contributed by atoms with Gasteiger partial charge < -0.3 is 20.1 Å². The van der Waals surface area contributed by atoms with Gasteiger partial charge >= 0.3 is 12.4 Å². The molecule has 1 aliphatic carbocycles. The number of fused-ring (bicyclic) bond motifs is 1. The van der Waals surface area contributed by atoms with E-state index in [-0.39, 0.29) is 18.3 Å². The van der Waals surface area contributed by atoms with Gasteiger partial charge in [0.15, 0.2) is 9.84 Å². The monoisotopic (exact) mass is 614 g/mol. The molecule has 2 N–H and O–H groups in total. The van der Waals surface area contributed by atoms with Crippen LogP contribution in [0.4, 0.5) is 37.7 Å². The van der Waals surface area contributed by atoms with Gasteiger partial charge in [-0.2, -0.15) is 26.3 Å². The topological polar surface area (TPSA) is 66.4 Å². The van der Waals surface area contributed by atoms with Crippen molar-refractivity contribution >= 4 is 32.1 Å². The fraction of sp³-hybridized carbons (Fsp3) is 0.448. The van der Waals surface area contributed by atoms with Gasteiger partial charge in [-0.1, -0.05) is 12.0 Å². The molecule has 1 aliphatic rings. The SMILES string of the molecule is CN(C)[C@H]1CC[C@H](Nc2cccc3c2cc(C#CCNc2ccc(S(C)(=O)=O)cc2C(F)(F)F)n3CC(F)(F)F)CC1. The Morgan fingerprint density at radius 1 is 0.976 bits per heavy atom. The summed E-state index contributed by atoms with van der Waals surface area (Å²) < 4.78 is 106. The van der Waals surface area contributed by atoms with Gasteiger partial charge in [0, 0.05) is 35.1 Å². The van der Waals surface area contributed by atoms with Gasteiger partial charge in [0.2, 0.25) is 0 Å². The number of alkyl halides is 6.